The molecule has 1 aromatic heterocycles. The summed E-state index contributed by atoms with van der Waals surface area (Å²) in [6.45, 7) is 11.6. The maximum absolute atomic E-state index is 5.68. The molecule has 0 saturated carbocycles. The zero-order valence-corrected chi connectivity index (χ0v) is 12.3. The summed E-state index contributed by atoms with van der Waals surface area (Å²) >= 11 is 0. The fourth-order valence-corrected chi connectivity index (χ4v) is 3.18. The minimum Gasteiger partial charge on any atom is -0.378 e. The molecule has 1 aromatic rings. The van der Waals surface area contributed by atoms with E-state index in [0.29, 0.717) is 12.0 Å². The number of nitrogens with one attached hydrogen (secondary N) is 1. The van der Waals surface area contributed by atoms with Crippen molar-refractivity contribution >= 4 is 0 Å². The van der Waals surface area contributed by atoms with Crippen molar-refractivity contribution < 1.29 is 4.74 Å². The van der Waals surface area contributed by atoms with Crippen LogP contribution in [0.5, 0.6) is 0 Å². The van der Waals surface area contributed by atoms with E-state index in [0.717, 1.165) is 37.8 Å². The Morgan fingerprint density at radius 3 is 2.63 bits per heavy atom. The van der Waals surface area contributed by atoms with Crippen molar-refractivity contribution in [3.8, 4) is 0 Å². The zero-order valence-electron chi connectivity index (χ0n) is 12.3. The van der Waals surface area contributed by atoms with Crippen LogP contribution in [-0.4, -0.2) is 34.0 Å². The Morgan fingerprint density at radius 2 is 2.00 bits per heavy atom. The van der Waals surface area contributed by atoms with Crippen LogP contribution in [0.4, 0.5) is 0 Å². The van der Waals surface area contributed by atoms with E-state index in [4.69, 9.17) is 4.74 Å². The molecule has 3 unspecified atom stereocenters. The van der Waals surface area contributed by atoms with Crippen molar-refractivity contribution in [2.24, 2.45) is 5.41 Å². The third-order valence-electron chi connectivity index (χ3n) is 4.18. The number of hydrogen-bond acceptors (Lipinski definition) is 4. The van der Waals surface area contributed by atoms with Crippen LogP contribution >= 0.6 is 0 Å². The molecule has 2 aliphatic rings. The Balaban J connectivity index is 1.92. The van der Waals surface area contributed by atoms with Gasteiger partial charge < -0.3 is 14.6 Å². The van der Waals surface area contributed by atoms with Crippen molar-refractivity contribution in [3.63, 3.8) is 0 Å². The van der Waals surface area contributed by atoms with Gasteiger partial charge in [0.15, 0.2) is 5.82 Å². The fourth-order valence-electron chi connectivity index (χ4n) is 3.18. The molecule has 5 nitrogen and oxygen atoms in total. The van der Waals surface area contributed by atoms with Gasteiger partial charge in [-0.3, -0.25) is 0 Å². The molecule has 0 amide bonds. The first-order valence-corrected chi connectivity index (χ1v) is 7.25. The smallest absolute Gasteiger partial charge is 0.150 e. The summed E-state index contributed by atoms with van der Waals surface area (Å²) in [7, 11) is 0. The molecule has 3 atom stereocenters. The minimum atomic E-state index is 0.155. The predicted molar refractivity (Wildman–Crippen MR) is 73.0 cm³/mol. The number of rotatable bonds is 1. The van der Waals surface area contributed by atoms with E-state index >= 15 is 0 Å². The van der Waals surface area contributed by atoms with Crippen molar-refractivity contribution in [1.29, 1.82) is 0 Å². The normalized spacial score (nSPS) is 31.5. The van der Waals surface area contributed by atoms with Crippen molar-refractivity contribution in [2.45, 2.75) is 58.7 Å². The Kier molecular flexibility index (Phi) is 3.14. The van der Waals surface area contributed by atoms with Gasteiger partial charge in [-0.05, 0) is 18.8 Å². The van der Waals surface area contributed by atoms with E-state index in [-0.39, 0.29) is 11.5 Å². The standard InChI is InChI=1S/C14H24N4O/c1-9-7-10(8-19-9)12-16-17-13-11(14(2,3)4)15-5-6-18(12)13/h9-11,15H,5-8H2,1-4H3. The van der Waals surface area contributed by atoms with Crippen LogP contribution in [0.3, 0.4) is 0 Å². The molecule has 0 aliphatic carbocycles. The second kappa shape index (κ2) is 4.56. The monoisotopic (exact) mass is 264 g/mol. The molecule has 5 heteroatoms. The Labute approximate surface area is 114 Å². The highest BCUT2D eigenvalue weighted by Crippen LogP contribution is 2.36. The lowest BCUT2D eigenvalue weighted by atomic mass is 9.85. The number of nitrogens with zero attached hydrogens (tertiary/aromatic N) is 3. The Morgan fingerprint density at radius 1 is 1.26 bits per heavy atom. The molecule has 3 rings (SSSR count). The molecule has 0 aromatic carbocycles. The number of fused-ring (bicyclic) bond motifs is 1. The van der Waals surface area contributed by atoms with Crippen LogP contribution in [0, 0.1) is 5.41 Å². The molecule has 3 heterocycles. The Hall–Kier alpha value is -0.940. The van der Waals surface area contributed by atoms with Crippen molar-refractivity contribution in [2.75, 3.05) is 13.2 Å². The predicted octanol–water partition coefficient (Wildman–Crippen LogP) is 1.86. The lowest BCUT2D eigenvalue weighted by Crippen LogP contribution is -2.41. The summed E-state index contributed by atoms with van der Waals surface area (Å²) in [6, 6.07) is 0.280. The second-order valence-electron chi connectivity index (χ2n) is 6.90. The van der Waals surface area contributed by atoms with Crippen LogP contribution in [-0.2, 0) is 11.3 Å². The molecule has 0 radical (unpaired) electrons. The van der Waals surface area contributed by atoms with E-state index < -0.39 is 0 Å². The minimum absolute atomic E-state index is 0.155. The van der Waals surface area contributed by atoms with Crippen molar-refractivity contribution in [3.05, 3.63) is 11.6 Å². The average Bonchev–Trinajstić information content (AvgIpc) is 2.92. The van der Waals surface area contributed by atoms with Gasteiger partial charge in [-0.2, -0.15) is 0 Å². The number of ether oxygens (including phenoxy) is 1. The van der Waals surface area contributed by atoms with Gasteiger partial charge in [-0.15, -0.1) is 10.2 Å². The molecule has 0 spiro atoms. The maximum atomic E-state index is 5.68. The molecule has 1 N–H and O–H groups in total. The highest BCUT2D eigenvalue weighted by Gasteiger charge is 2.36. The molecular formula is C14H24N4O. The molecule has 19 heavy (non-hydrogen) atoms. The van der Waals surface area contributed by atoms with Gasteiger partial charge in [-0.25, -0.2) is 0 Å². The lowest BCUT2D eigenvalue weighted by Gasteiger charge is -2.34. The van der Waals surface area contributed by atoms with Gasteiger partial charge in [-0.1, -0.05) is 20.8 Å². The Bertz CT molecular complexity index is 463. The van der Waals surface area contributed by atoms with Crippen LogP contribution in [0.1, 0.15) is 57.7 Å². The molecular weight excluding hydrogens is 240 g/mol. The molecule has 1 fully saturated rings. The topological polar surface area (TPSA) is 52.0 Å². The van der Waals surface area contributed by atoms with Crippen LogP contribution < -0.4 is 5.32 Å². The van der Waals surface area contributed by atoms with Crippen LogP contribution in [0.25, 0.3) is 0 Å². The first-order valence-electron chi connectivity index (χ1n) is 7.25. The first-order chi connectivity index (χ1) is 8.97. The van der Waals surface area contributed by atoms with E-state index in [1.807, 2.05) is 0 Å². The highest BCUT2D eigenvalue weighted by molar-refractivity contribution is 5.11. The van der Waals surface area contributed by atoms with E-state index in [9.17, 15) is 0 Å². The van der Waals surface area contributed by atoms with Gasteiger partial charge in [0.2, 0.25) is 0 Å². The largest absolute Gasteiger partial charge is 0.378 e. The third kappa shape index (κ3) is 2.30. The summed E-state index contributed by atoms with van der Waals surface area (Å²) < 4.78 is 8.00. The third-order valence-corrected chi connectivity index (χ3v) is 4.18. The SMILES string of the molecule is CC1CC(c2nnc3n2CCNC3C(C)(C)C)CO1. The average molecular weight is 264 g/mol. The van der Waals surface area contributed by atoms with E-state index in [1.165, 1.54) is 0 Å². The van der Waals surface area contributed by atoms with Crippen molar-refractivity contribution in [1.82, 2.24) is 20.1 Å². The summed E-state index contributed by atoms with van der Waals surface area (Å²) in [6.07, 6.45) is 1.41. The van der Waals surface area contributed by atoms with E-state index in [2.05, 4.69) is 47.8 Å². The summed E-state index contributed by atoms with van der Waals surface area (Å²) in [5, 5.41) is 12.5. The lowest BCUT2D eigenvalue weighted by molar-refractivity contribution is 0.123. The zero-order chi connectivity index (χ0) is 13.6. The van der Waals surface area contributed by atoms with Gasteiger partial charge in [0.05, 0.1) is 18.8 Å². The summed E-state index contributed by atoms with van der Waals surface area (Å²) in [5.74, 6) is 2.62. The summed E-state index contributed by atoms with van der Waals surface area (Å²) in [4.78, 5) is 0. The molecule has 1 saturated heterocycles. The number of hydrogen-bond donors (Lipinski definition) is 1. The molecule has 106 valence electrons. The molecule has 0 bridgehead atoms. The van der Waals surface area contributed by atoms with Gasteiger partial charge in [0.1, 0.15) is 5.82 Å². The van der Waals surface area contributed by atoms with Gasteiger partial charge in [0.25, 0.3) is 0 Å². The van der Waals surface area contributed by atoms with Gasteiger partial charge in [0, 0.05) is 19.0 Å². The van der Waals surface area contributed by atoms with E-state index in [1.54, 1.807) is 0 Å². The quantitative estimate of drug-likeness (QED) is 0.841. The molecule has 2 aliphatic heterocycles. The second-order valence-corrected chi connectivity index (χ2v) is 6.90. The fraction of sp³-hybridized carbons (Fsp3) is 0.857. The summed E-state index contributed by atoms with van der Waals surface area (Å²) in [5.41, 5.74) is 0.155. The highest BCUT2D eigenvalue weighted by atomic mass is 16.5. The number of aromatic nitrogens is 3. The van der Waals surface area contributed by atoms with Crippen LogP contribution in [0.2, 0.25) is 0 Å². The first kappa shape index (κ1) is 13.1. The van der Waals surface area contributed by atoms with Crippen LogP contribution in [0.15, 0.2) is 0 Å². The maximum Gasteiger partial charge on any atom is 0.150 e. The van der Waals surface area contributed by atoms with Gasteiger partial charge >= 0.3 is 0 Å².